The Morgan fingerprint density at radius 2 is 1.60 bits per heavy atom. The first kappa shape index (κ1) is 24.8. The quantitative estimate of drug-likeness (QED) is 0.490. The van der Waals surface area contributed by atoms with Crippen molar-refractivity contribution in [1.29, 1.82) is 0 Å². The number of alkyl carbamates (subject to hydrolysis) is 1. The van der Waals surface area contributed by atoms with Crippen molar-refractivity contribution in [3.8, 4) is 11.1 Å². The van der Waals surface area contributed by atoms with Crippen LogP contribution in [-0.4, -0.2) is 42.8 Å². The maximum absolute atomic E-state index is 12.7. The summed E-state index contributed by atoms with van der Waals surface area (Å²) in [7, 11) is 0. The molecule has 2 aromatic rings. The third kappa shape index (κ3) is 5.50. The molecule has 0 spiro atoms. The Morgan fingerprint density at radius 3 is 2.23 bits per heavy atom. The van der Waals surface area contributed by atoms with E-state index in [2.05, 4.69) is 34.9 Å². The van der Waals surface area contributed by atoms with Gasteiger partial charge in [-0.15, -0.1) is 0 Å². The molecule has 0 aliphatic heterocycles. The van der Waals surface area contributed by atoms with Crippen molar-refractivity contribution in [1.82, 2.24) is 10.6 Å². The predicted molar refractivity (Wildman–Crippen MR) is 133 cm³/mol. The van der Waals surface area contributed by atoms with Gasteiger partial charge in [-0.25, -0.2) is 4.79 Å². The van der Waals surface area contributed by atoms with E-state index in [9.17, 15) is 19.5 Å². The molecule has 0 aromatic heterocycles. The number of rotatable bonds is 9. The molecule has 7 heteroatoms. The monoisotopic (exact) mass is 478 g/mol. The number of carbonyl (C=O) groups is 3. The minimum atomic E-state index is -0.881. The summed E-state index contributed by atoms with van der Waals surface area (Å²) in [5, 5.41) is 15.0. The molecule has 0 radical (unpaired) electrons. The normalized spacial score (nSPS) is 19.0. The van der Waals surface area contributed by atoms with Gasteiger partial charge in [0.15, 0.2) is 0 Å². The van der Waals surface area contributed by atoms with Gasteiger partial charge < -0.3 is 20.5 Å². The fourth-order valence-corrected chi connectivity index (χ4v) is 5.23. The van der Waals surface area contributed by atoms with Gasteiger partial charge in [0, 0.05) is 24.9 Å². The van der Waals surface area contributed by atoms with E-state index in [1.54, 1.807) is 13.8 Å². The molecular formula is C28H34N2O5. The summed E-state index contributed by atoms with van der Waals surface area (Å²) in [5.74, 6) is -1.08. The highest BCUT2D eigenvalue weighted by Crippen LogP contribution is 2.44. The van der Waals surface area contributed by atoms with Crippen LogP contribution in [0.15, 0.2) is 48.5 Å². The highest BCUT2D eigenvalue weighted by atomic mass is 16.5. The van der Waals surface area contributed by atoms with E-state index in [4.69, 9.17) is 4.74 Å². The molecule has 3 N–H and O–H groups in total. The number of ether oxygens (including phenoxy) is 1. The fraction of sp³-hybridized carbons (Fsp3) is 0.464. The van der Waals surface area contributed by atoms with Gasteiger partial charge in [-0.3, -0.25) is 9.59 Å². The molecular weight excluding hydrogens is 444 g/mol. The molecule has 186 valence electrons. The largest absolute Gasteiger partial charge is 0.481 e. The van der Waals surface area contributed by atoms with E-state index < -0.39 is 17.5 Å². The van der Waals surface area contributed by atoms with E-state index >= 15 is 0 Å². The van der Waals surface area contributed by atoms with Crippen molar-refractivity contribution in [3.63, 3.8) is 0 Å². The van der Waals surface area contributed by atoms with Gasteiger partial charge in [0.05, 0.1) is 5.41 Å². The van der Waals surface area contributed by atoms with Gasteiger partial charge in [0.1, 0.15) is 6.61 Å². The van der Waals surface area contributed by atoms with Crippen LogP contribution in [0.25, 0.3) is 11.1 Å². The minimum Gasteiger partial charge on any atom is -0.481 e. The lowest BCUT2D eigenvalue weighted by Crippen LogP contribution is -2.39. The summed E-state index contributed by atoms with van der Waals surface area (Å²) in [6.07, 6.45) is 2.45. The standard InChI is InChI=1S/C28H34N2O5/c1-28(2,26(32)33)14-15-29-25(31)19-13-7-8-18(19)16-30-27(34)35-17-24-22-11-5-3-9-20(22)21-10-4-6-12-23(21)24/h3-6,9-12,18-19,24H,7-8,13-17H2,1-2H3,(H,29,31)(H,30,34)(H,32,33). The molecule has 7 nitrogen and oxygen atoms in total. The van der Waals surface area contributed by atoms with Crippen LogP contribution in [0.3, 0.4) is 0 Å². The zero-order valence-corrected chi connectivity index (χ0v) is 20.4. The number of hydrogen-bond donors (Lipinski definition) is 3. The molecule has 2 atom stereocenters. The molecule has 1 saturated carbocycles. The summed E-state index contributed by atoms with van der Waals surface area (Å²) in [4.78, 5) is 36.4. The molecule has 2 amide bonds. The van der Waals surface area contributed by atoms with Gasteiger partial charge in [-0.1, -0.05) is 55.0 Å². The first-order valence-electron chi connectivity index (χ1n) is 12.4. The van der Waals surface area contributed by atoms with E-state index in [0.717, 1.165) is 19.3 Å². The van der Waals surface area contributed by atoms with Gasteiger partial charge >= 0.3 is 12.1 Å². The number of nitrogens with one attached hydrogen (secondary N) is 2. The van der Waals surface area contributed by atoms with Crippen molar-refractivity contribution in [2.45, 2.75) is 45.4 Å². The highest BCUT2D eigenvalue weighted by molar-refractivity contribution is 5.80. The van der Waals surface area contributed by atoms with Crippen molar-refractivity contribution in [2.75, 3.05) is 19.7 Å². The second-order valence-corrected chi connectivity index (χ2v) is 10.2. The Balaban J connectivity index is 1.26. The number of aliphatic carboxylic acids is 1. The minimum absolute atomic E-state index is 0.00760. The Bertz CT molecular complexity index is 1050. The van der Waals surface area contributed by atoms with Crippen LogP contribution in [0.2, 0.25) is 0 Å². The fourth-order valence-electron chi connectivity index (χ4n) is 5.23. The Labute approximate surface area is 206 Å². The maximum atomic E-state index is 12.7. The van der Waals surface area contributed by atoms with Crippen molar-refractivity contribution in [2.24, 2.45) is 17.3 Å². The third-order valence-corrected chi connectivity index (χ3v) is 7.48. The molecule has 0 bridgehead atoms. The van der Waals surface area contributed by atoms with Crippen LogP contribution < -0.4 is 10.6 Å². The lowest BCUT2D eigenvalue weighted by atomic mass is 9.89. The number of fused-ring (bicyclic) bond motifs is 3. The molecule has 0 heterocycles. The number of carboxylic acids is 1. The van der Waals surface area contributed by atoms with E-state index in [0.29, 0.717) is 19.5 Å². The van der Waals surface area contributed by atoms with Gasteiger partial charge in [-0.05, 0) is 61.3 Å². The van der Waals surface area contributed by atoms with Crippen LogP contribution >= 0.6 is 0 Å². The molecule has 1 fully saturated rings. The van der Waals surface area contributed by atoms with Gasteiger partial charge in [-0.2, -0.15) is 0 Å². The molecule has 2 aliphatic carbocycles. The second kappa shape index (κ2) is 10.5. The number of hydrogen-bond acceptors (Lipinski definition) is 4. The van der Waals surface area contributed by atoms with Gasteiger partial charge in [0.2, 0.25) is 5.91 Å². The van der Waals surface area contributed by atoms with Gasteiger partial charge in [0.25, 0.3) is 0 Å². The first-order chi connectivity index (χ1) is 16.8. The second-order valence-electron chi connectivity index (χ2n) is 10.2. The SMILES string of the molecule is CC(C)(CCNC(=O)C1CCCC1CNC(=O)OCC1c2ccccc2-c2ccccc21)C(=O)O. The van der Waals surface area contributed by atoms with Crippen LogP contribution in [0, 0.1) is 17.3 Å². The smallest absolute Gasteiger partial charge is 0.407 e. The van der Waals surface area contributed by atoms with Crippen molar-refractivity contribution in [3.05, 3.63) is 59.7 Å². The number of benzene rings is 2. The average Bonchev–Trinajstić information content (AvgIpc) is 3.44. The Hall–Kier alpha value is -3.35. The molecule has 0 saturated heterocycles. The molecule has 4 rings (SSSR count). The van der Waals surface area contributed by atoms with Crippen molar-refractivity contribution < 1.29 is 24.2 Å². The average molecular weight is 479 g/mol. The number of carbonyl (C=O) groups excluding carboxylic acids is 2. The number of amides is 2. The molecule has 2 aromatic carbocycles. The summed E-state index contributed by atoms with van der Waals surface area (Å²) in [5.41, 5.74) is 3.82. The van der Waals surface area contributed by atoms with Crippen LogP contribution in [-0.2, 0) is 14.3 Å². The Morgan fingerprint density at radius 1 is 0.971 bits per heavy atom. The van der Waals surface area contributed by atoms with Crippen LogP contribution in [0.5, 0.6) is 0 Å². The van der Waals surface area contributed by atoms with E-state index in [1.165, 1.54) is 22.3 Å². The molecule has 2 aliphatic rings. The van der Waals surface area contributed by atoms with E-state index in [1.807, 2.05) is 24.3 Å². The summed E-state index contributed by atoms with van der Waals surface area (Å²) in [6, 6.07) is 16.4. The Kier molecular flexibility index (Phi) is 7.43. The predicted octanol–water partition coefficient (Wildman–Crippen LogP) is 4.56. The summed E-state index contributed by atoms with van der Waals surface area (Å²) >= 11 is 0. The maximum Gasteiger partial charge on any atom is 0.407 e. The summed E-state index contributed by atoms with van der Waals surface area (Å²) < 4.78 is 5.61. The lowest BCUT2D eigenvalue weighted by molar-refractivity contribution is -0.147. The highest BCUT2D eigenvalue weighted by Gasteiger charge is 2.34. The molecule has 35 heavy (non-hydrogen) atoms. The first-order valence-corrected chi connectivity index (χ1v) is 12.4. The number of carboxylic acid groups (broad SMARTS) is 1. The zero-order valence-electron chi connectivity index (χ0n) is 20.4. The van der Waals surface area contributed by atoms with Crippen LogP contribution in [0.1, 0.15) is 56.6 Å². The lowest BCUT2D eigenvalue weighted by Gasteiger charge is -2.22. The molecule has 2 unspecified atom stereocenters. The topological polar surface area (TPSA) is 105 Å². The van der Waals surface area contributed by atoms with E-state index in [-0.39, 0.29) is 30.3 Å². The third-order valence-electron chi connectivity index (χ3n) is 7.48. The van der Waals surface area contributed by atoms with Crippen LogP contribution in [0.4, 0.5) is 4.79 Å². The summed E-state index contributed by atoms with van der Waals surface area (Å²) in [6.45, 7) is 4.26. The zero-order chi connectivity index (χ0) is 25.0. The van der Waals surface area contributed by atoms with Crippen molar-refractivity contribution >= 4 is 18.0 Å².